The summed E-state index contributed by atoms with van der Waals surface area (Å²) >= 11 is 3.58. The van der Waals surface area contributed by atoms with Crippen molar-refractivity contribution in [2.45, 2.75) is 43.4 Å². The van der Waals surface area contributed by atoms with Crippen LogP contribution in [0.3, 0.4) is 0 Å². The molecule has 0 spiro atoms. The van der Waals surface area contributed by atoms with Crippen molar-refractivity contribution in [3.8, 4) is 0 Å². The molecule has 0 aliphatic heterocycles. The van der Waals surface area contributed by atoms with Gasteiger partial charge in [0.25, 0.3) is 0 Å². The monoisotopic (exact) mass is 442 g/mol. The third kappa shape index (κ3) is 4.36. The van der Waals surface area contributed by atoms with Gasteiger partial charge in [-0.1, -0.05) is 48.0 Å². The Bertz CT molecular complexity index is 658. The standard InChI is InChI=1S/C20H27BrO6/c1-19(2)11-12-20(21,18(23)26-5)14(17(24-3)25-4)15(19)27-16(22)13-9-7-6-8-10-13/h6-10,14-15,17H,11-12H2,1-5H3/t14-,15+,20?/m0/s1. The van der Waals surface area contributed by atoms with Crippen LogP contribution < -0.4 is 0 Å². The highest BCUT2D eigenvalue weighted by molar-refractivity contribution is 9.10. The zero-order valence-electron chi connectivity index (χ0n) is 16.4. The maximum atomic E-state index is 12.8. The second-order valence-electron chi connectivity index (χ2n) is 7.40. The first-order valence-electron chi connectivity index (χ1n) is 8.80. The maximum absolute atomic E-state index is 12.8. The number of hydrogen-bond acceptors (Lipinski definition) is 6. The molecule has 1 aliphatic rings. The molecule has 0 bridgehead atoms. The summed E-state index contributed by atoms with van der Waals surface area (Å²) in [5, 5.41) is 0. The Labute approximate surface area is 168 Å². The molecule has 1 saturated carbocycles. The van der Waals surface area contributed by atoms with E-state index in [0.717, 1.165) is 0 Å². The van der Waals surface area contributed by atoms with Crippen LogP contribution in [0.4, 0.5) is 0 Å². The van der Waals surface area contributed by atoms with E-state index in [0.29, 0.717) is 18.4 Å². The second-order valence-corrected chi connectivity index (χ2v) is 8.82. The normalized spacial score (nSPS) is 27.2. The van der Waals surface area contributed by atoms with Crippen molar-refractivity contribution < 1.29 is 28.5 Å². The number of carbonyl (C=O) groups excluding carboxylic acids is 2. The van der Waals surface area contributed by atoms with E-state index in [1.54, 1.807) is 24.3 Å². The van der Waals surface area contributed by atoms with Gasteiger partial charge >= 0.3 is 11.9 Å². The van der Waals surface area contributed by atoms with Gasteiger partial charge in [0, 0.05) is 19.6 Å². The van der Waals surface area contributed by atoms with Gasteiger partial charge in [0.15, 0.2) is 6.29 Å². The fourth-order valence-electron chi connectivity index (χ4n) is 3.69. The van der Waals surface area contributed by atoms with Crippen LogP contribution in [0.5, 0.6) is 0 Å². The van der Waals surface area contributed by atoms with Gasteiger partial charge in [-0.15, -0.1) is 0 Å². The Hall–Kier alpha value is -1.44. The van der Waals surface area contributed by atoms with Gasteiger partial charge in [-0.2, -0.15) is 0 Å². The molecule has 0 saturated heterocycles. The minimum atomic E-state index is -1.09. The number of carbonyl (C=O) groups is 2. The van der Waals surface area contributed by atoms with Crippen molar-refractivity contribution >= 4 is 27.9 Å². The lowest BCUT2D eigenvalue weighted by atomic mass is 9.64. The van der Waals surface area contributed by atoms with Crippen molar-refractivity contribution in [1.29, 1.82) is 0 Å². The molecular weight excluding hydrogens is 416 g/mol. The zero-order chi connectivity index (χ0) is 20.2. The molecular formula is C20H27BrO6. The first-order chi connectivity index (χ1) is 12.7. The first kappa shape index (κ1) is 21.9. The van der Waals surface area contributed by atoms with Gasteiger partial charge in [0.05, 0.1) is 18.6 Å². The number of halogens is 1. The van der Waals surface area contributed by atoms with E-state index < -0.39 is 40.0 Å². The number of benzene rings is 1. The molecule has 2 rings (SSSR count). The third-order valence-electron chi connectivity index (χ3n) is 5.28. The number of esters is 2. The smallest absolute Gasteiger partial charge is 0.338 e. The van der Waals surface area contributed by atoms with E-state index in [1.165, 1.54) is 21.3 Å². The largest absolute Gasteiger partial charge is 0.468 e. The van der Waals surface area contributed by atoms with Gasteiger partial charge in [-0.3, -0.25) is 4.79 Å². The maximum Gasteiger partial charge on any atom is 0.338 e. The Kier molecular flexibility index (Phi) is 7.05. The Balaban J connectivity index is 2.46. The zero-order valence-corrected chi connectivity index (χ0v) is 17.9. The topological polar surface area (TPSA) is 71.1 Å². The number of ether oxygens (including phenoxy) is 4. The molecule has 1 aromatic rings. The molecule has 0 heterocycles. The highest BCUT2D eigenvalue weighted by Gasteiger charge is 2.60. The van der Waals surface area contributed by atoms with Crippen LogP contribution in [0.2, 0.25) is 0 Å². The molecule has 3 atom stereocenters. The van der Waals surface area contributed by atoms with Crippen molar-refractivity contribution in [3.63, 3.8) is 0 Å². The molecule has 1 unspecified atom stereocenters. The summed E-state index contributed by atoms with van der Waals surface area (Å²) in [6, 6.07) is 8.77. The Morgan fingerprint density at radius 3 is 2.19 bits per heavy atom. The Morgan fingerprint density at radius 1 is 1.07 bits per heavy atom. The second kappa shape index (κ2) is 8.71. The SMILES string of the molecule is COC(=O)C1(Br)CCC(C)(C)[C@H](OC(=O)c2ccccc2)[C@H]1C(OC)OC. The van der Waals surface area contributed by atoms with E-state index in [9.17, 15) is 9.59 Å². The van der Waals surface area contributed by atoms with Crippen LogP contribution in [0.15, 0.2) is 30.3 Å². The first-order valence-corrected chi connectivity index (χ1v) is 9.59. The fourth-order valence-corrected chi connectivity index (χ4v) is 4.50. The van der Waals surface area contributed by atoms with Crippen LogP contribution in [-0.4, -0.2) is 50.0 Å². The molecule has 0 N–H and O–H groups in total. The van der Waals surface area contributed by atoms with Gasteiger partial charge in [0.2, 0.25) is 0 Å². The minimum absolute atomic E-state index is 0.393. The van der Waals surface area contributed by atoms with Crippen LogP contribution in [0.25, 0.3) is 0 Å². The molecule has 0 aromatic heterocycles. The summed E-state index contributed by atoms with van der Waals surface area (Å²) in [5.74, 6) is -1.49. The summed E-state index contributed by atoms with van der Waals surface area (Å²) in [7, 11) is 4.33. The predicted molar refractivity (Wildman–Crippen MR) is 104 cm³/mol. The summed E-state index contributed by atoms with van der Waals surface area (Å²) < 4.78 is 20.9. The number of methoxy groups -OCH3 is 3. The molecule has 6 nitrogen and oxygen atoms in total. The summed E-state index contributed by atoms with van der Waals surface area (Å²) in [6.45, 7) is 4.02. The van der Waals surface area contributed by atoms with E-state index >= 15 is 0 Å². The molecule has 7 heteroatoms. The van der Waals surface area contributed by atoms with Crippen LogP contribution in [-0.2, 0) is 23.7 Å². The number of rotatable bonds is 6. The van der Waals surface area contributed by atoms with E-state index in [4.69, 9.17) is 18.9 Å². The Morgan fingerprint density at radius 2 is 1.67 bits per heavy atom. The lowest BCUT2D eigenvalue weighted by Gasteiger charge is -2.51. The highest BCUT2D eigenvalue weighted by Crippen LogP contribution is 2.52. The van der Waals surface area contributed by atoms with Gasteiger partial charge in [0.1, 0.15) is 10.4 Å². The van der Waals surface area contributed by atoms with Gasteiger partial charge < -0.3 is 18.9 Å². The van der Waals surface area contributed by atoms with E-state index in [2.05, 4.69) is 15.9 Å². The summed E-state index contributed by atoms with van der Waals surface area (Å²) in [4.78, 5) is 25.4. The van der Waals surface area contributed by atoms with Crippen molar-refractivity contribution in [3.05, 3.63) is 35.9 Å². The third-order valence-corrected chi connectivity index (χ3v) is 6.53. The fraction of sp³-hybridized carbons (Fsp3) is 0.600. The summed E-state index contributed by atoms with van der Waals surface area (Å²) in [6.07, 6.45) is -0.254. The number of hydrogen-bond donors (Lipinski definition) is 0. The average molecular weight is 443 g/mol. The average Bonchev–Trinajstić information content (AvgIpc) is 2.67. The molecule has 0 radical (unpaired) electrons. The minimum Gasteiger partial charge on any atom is -0.468 e. The van der Waals surface area contributed by atoms with Gasteiger partial charge in [-0.25, -0.2) is 4.79 Å². The van der Waals surface area contributed by atoms with Gasteiger partial charge in [-0.05, 0) is 25.0 Å². The van der Waals surface area contributed by atoms with Crippen molar-refractivity contribution in [2.24, 2.45) is 11.3 Å². The highest BCUT2D eigenvalue weighted by atomic mass is 79.9. The van der Waals surface area contributed by atoms with Crippen LogP contribution in [0.1, 0.15) is 37.0 Å². The predicted octanol–water partition coefficient (Wildman–Crippen LogP) is 3.57. The molecule has 1 aliphatic carbocycles. The van der Waals surface area contributed by atoms with Crippen LogP contribution in [0, 0.1) is 11.3 Å². The van der Waals surface area contributed by atoms with Crippen LogP contribution >= 0.6 is 15.9 Å². The number of alkyl halides is 1. The molecule has 27 heavy (non-hydrogen) atoms. The van der Waals surface area contributed by atoms with Crippen molar-refractivity contribution in [2.75, 3.05) is 21.3 Å². The molecule has 1 aromatic carbocycles. The molecule has 1 fully saturated rings. The van der Waals surface area contributed by atoms with E-state index in [1.807, 2.05) is 19.9 Å². The molecule has 150 valence electrons. The summed E-state index contributed by atoms with van der Waals surface area (Å²) in [5.41, 5.74) is 0.0534. The molecule has 0 amide bonds. The van der Waals surface area contributed by atoms with Crippen molar-refractivity contribution in [1.82, 2.24) is 0 Å². The quantitative estimate of drug-likeness (QED) is 0.380. The van der Waals surface area contributed by atoms with E-state index in [-0.39, 0.29) is 0 Å². The lowest BCUT2D eigenvalue weighted by molar-refractivity contribution is -0.204. The lowest BCUT2D eigenvalue weighted by Crippen LogP contribution is -2.61.